The van der Waals surface area contributed by atoms with Gasteiger partial charge in [0.05, 0.1) is 0 Å². The van der Waals surface area contributed by atoms with E-state index < -0.39 is 18.9 Å². The Morgan fingerprint density at radius 3 is 1.05 bits per heavy atom. The Morgan fingerprint density at radius 1 is 0.500 bits per heavy atom. The molecule has 0 aliphatic rings. The molecular weight excluding hydrogens is 354 g/mol. The summed E-state index contributed by atoms with van der Waals surface area (Å²) in [6.07, 6.45) is 15.0. The van der Waals surface area contributed by atoms with Crippen molar-refractivity contribution in [2.75, 3.05) is 0 Å². The second-order valence-electron chi connectivity index (χ2n) is 6.58. The average Bonchev–Trinajstić information content (AvgIpc) is 2.45. The van der Waals surface area contributed by atoms with Crippen molar-refractivity contribution >= 4 is 18.9 Å². The molecule has 0 bridgehead atoms. The standard InChI is InChI=1S/3C6H13.FH.Sn/c3*1-3-5-6-4-2;;/h3*1,3-6H2,2H3;1H;/q;;;;+1/p-1. The number of unbranched alkanes of at least 4 members (excludes halogenated alkanes) is 9. The molecule has 0 saturated heterocycles. The third-order valence-electron chi connectivity index (χ3n) is 4.44. The van der Waals surface area contributed by atoms with Crippen molar-refractivity contribution in [3.05, 3.63) is 0 Å². The van der Waals surface area contributed by atoms with Crippen molar-refractivity contribution in [3.63, 3.8) is 0 Å². The molecule has 0 rings (SSSR count). The molecule has 0 saturated carbocycles. The zero-order chi connectivity index (χ0) is 15.1. The van der Waals surface area contributed by atoms with Crippen LogP contribution < -0.4 is 0 Å². The Bertz CT molecular complexity index is 163. The first-order chi connectivity index (χ1) is 9.68. The van der Waals surface area contributed by atoms with Gasteiger partial charge in [0.1, 0.15) is 0 Å². The average molecular weight is 393 g/mol. The van der Waals surface area contributed by atoms with Crippen LogP contribution in [0.2, 0.25) is 13.3 Å². The summed E-state index contributed by atoms with van der Waals surface area (Å²) in [6.45, 7) is 6.71. The van der Waals surface area contributed by atoms with Crippen LogP contribution >= 0.6 is 0 Å². The van der Waals surface area contributed by atoms with Gasteiger partial charge in [-0.15, -0.1) is 0 Å². The molecule has 0 aromatic heterocycles. The molecule has 0 radical (unpaired) electrons. The summed E-state index contributed by atoms with van der Waals surface area (Å²) in [5.41, 5.74) is 0. The van der Waals surface area contributed by atoms with Gasteiger partial charge in [0.2, 0.25) is 0 Å². The Labute approximate surface area is 133 Å². The van der Waals surface area contributed by atoms with E-state index >= 15 is 2.87 Å². The van der Waals surface area contributed by atoms with Crippen LogP contribution in [0, 0.1) is 0 Å². The molecule has 0 aromatic carbocycles. The number of hydrogen-bond acceptors (Lipinski definition) is 0. The fourth-order valence-electron chi connectivity index (χ4n) is 2.98. The van der Waals surface area contributed by atoms with E-state index in [0.717, 1.165) is 13.3 Å². The monoisotopic (exact) mass is 394 g/mol. The molecule has 0 aromatic rings. The van der Waals surface area contributed by atoms with Crippen LogP contribution in [0.1, 0.15) is 97.8 Å². The Balaban J connectivity index is 3.98. The van der Waals surface area contributed by atoms with E-state index in [2.05, 4.69) is 20.8 Å². The number of rotatable bonds is 15. The maximum absolute atomic E-state index is 15.3. The predicted molar refractivity (Wildman–Crippen MR) is 93.7 cm³/mol. The minimum absolute atomic E-state index is 1.02. The van der Waals surface area contributed by atoms with E-state index in [1.165, 1.54) is 77.0 Å². The zero-order valence-electron chi connectivity index (χ0n) is 14.5. The molecule has 0 aliphatic heterocycles. The Hall–Kier alpha value is 0.729. The van der Waals surface area contributed by atoms with Crippen LogP contribution in [0.25, 0.3) is 0 Å². The molecule has 0 fully saturated rings. The van der Waals surface area contributed by atoms with Crippen molar-refractivity contribution < 1.29 is 2.87 Å². The van der Waals surface area contributed by atoms with Gasteiger partial charge in [-0.25, -0.2) is 0 Å². The van der Waals surface area contributed by atoms with Crippen LogP contribution in [0.4, 0.5) is 2.87 Å². The second kappa shape index (κ2) is 14.7. The van der Waals surface area contributed by atoms with E-state index in [0.29, 0.717) is 0 Å². The molecule has 0 heterocycles. The molecule has 0 nitrogen and oxygen atoms in total. The van der Waals surface area contributed by atoms with Crippen LogP contribution in [0.3, 0.4) is 0 Å². The van der Waals surface area contributed by atoms with E-state index in [-0.39, 0.29) is 0 Å². The van der Waals surface area contributed by atoms with Crippen molar-refractivity contribution in [2.45, 2.75) is 111 Å². The summed E-state index contributed by atoms with van der Waals surface area (Å²) in [5.74, 6) is 0. The summed E-state index contributed by atoms with van der Waals surface area (Å²) < 4.78 is 18.3. The van der Waals surface area contributed by atoms with Gasteiger partial charge in [0.15, 0.2) is 0 Å². The van der Waals surface area contributed by atoms with E-state index in [4.69, 9.17) is 0 Å². The first kappa shape index (κ1) is 20.7. The normalized spacial score (nSPS) is 12.0. The van der Waals surface area contributed by atoms with E-state index in [1.54, 1.807) is 0 Å². The van der Waals surface area contributed by atoms with Crippen molar-refractivity contribution in [2.24, 2.45) is 0 Å². The predicted octanol–water partition coefficient (Wildman–Crippen LogP) is 7.64. The topological polar surface area (TPSA) is 0 Å². The molecule has 0 amide bonds. The molecule has 122 valence electrons. The van der Waals surface area contributed by atoms with Crippen molar-refractivity contribution in [3.8, 4) is 0 Å². The van der Waals surface area contributed by atoms with Gasteiger partial charge >= 0.3 is 133 Å². The first-order valence-electron chi connectivity index (χ1n) is 9.37. The zero-order valence-corrected chi connectivity index (χ0v) is 17.3. The van der Waals surface area contributed by atoms with E-state index in [1.807, 2.05) is 0 Å². The Kier molecular flexibility index (Phi) is 15.2. The third-order valence-corrected chi connectivity index (χ3v) is 15.1. The van der Waals surface area contributed by atoms with Gasteiger partial charge in [0, 0.05) is 0 Å². The quantitative estimate of drug-likeness (QED) is 0.198. The molecule has 20 heavy (non-hydrogen) atoms. The summed E-state index contributed by atoms with van der Waals surface area (Å²) in [4.78, 5) is 0. The van der Waals surface area contributed by atoms with Crippen LogP contribution in [0.15, 0.2) is 0 Å². The van der Waals surface area contributed by atoms with Crippen LogP contribution in [-0.2, 0) is 0 Å². The molecular formula is C18H39FSn. The van der Waals surface area contributed by atoms with Gasteiger partial charge in [-0.2, -0.15) is 0 Å². The van der Waals surface area contributed by atoms with Gasteiger partial charge in [0.25, 0.3) is 0 Å². The first-order valence-corrected chi connectivity index (χ1v) is 16.5. The number of halogens is 1. The molecule has 0 N–H and O–H groups in total. The van der Waals surface area contributed by atoms with Gasteiger partial charge in [-0.05, 0) is 0 Å². The van der Waals surface area contributed by atoms with Crippen LogP contribution in [0.5, 0.6) is 0 Å². The summed E-state index contributed by atoms with van der Waals surface area (Å²) >= 11 is -3.19. The number of hydrogen-bond donors (Lipinski definition) is 0. The van der Waals surface area contributed by atoms with Gasteiger partial charge in [-0.3, -0.25) is 0 Å². The van der Waals surface area contributed by atoms with Crippen molar-refractivity contribution in [1.29, 1.82) is 0 Å². The molecule has 0 aliphatic carbocycles. The van der Waals surface area contributed by atoms with Crippen LogP contribution in [-0.4, -0.2) is 18.9 Å². The SMILES string of the molecule is CCCCC[CH2][Sn]([F])([CH2]CCCCC)[CH2]CCCCC. The minimum atomic E-state index is -3.19. The maximum atomic E-state index is 15.3. The molecule has 0 unspecified atom stereocenters. The molecule has 2 heteroatoms. The molecule has 0 spiro atoms. The van der Waals surface area contributed by atoms with Gasteiger partial charge < -0.3 is 0 Å². The Morgan fingerprint density at radius 2 is 0.800 bits per heavy atom. The van der Waals surface area contributed by atoms with Gasteiger partial charge in [-0.1, -0.05) is 0 Å². The van der Waals surface area contributed by atoms with Crippen molar-refractivity contribution in [1.82, 2.24) is 0 Å². The molecule has 0 atom stereocenters. The summed E-state index contributed by atoms with van der Waals surface area (Å²) in [7, 11) is 0. The summed E-state index contributed by atoms with van der Waals surface area (Å²) in [5, 5.41) is 0. The second-order valence-corrected chi connectivity index (χ2v) is 17.4. The summed E-state index contributed by atoms with van der Waals surface area (Å²) in [6, 6.07) is 0. The third kappa shape index (κ3) is 12.5. The van der Waals surface area contributed by atoms with E-state index in [9.17, 15) is 0 Å². The fourth-order valence-corrected chi connectivity index (χ4v) is 12.7. The fraction of sp³-hybridized carbons (Fsp3) is 1.00.